The van der Waals surface area contributed by atoms with Crippen LogP contribution in [0.3, 0.4) is 0 Å². The first-order valence-corrected chi connectivity index (χ1v) is 10.1. The van der Waals surface area contributed by atoms with E-state index < -0.39 is 0 Å². The molecule has 4 aromatic rings. The van der Waals surface area contributed by atoms with Crippen LogP contribution in [0.1, 0.15) is 28.0 Å². The van der Waals surface area contributed by atoms with Crippen LogP contribution in [0, 0.1) is 0 Å². The van der Waals surface area contributed by atoms with E-state index in [0.29, 0.717) is 23.9 Å². The average Bonchev–Trinajstić information content (AvgIpc) is 3.27. The van der Waals surface area contributed by atoms with E-state index in [-0.39, 0.29) is 5.91 Å². The molecule has 0 aliphatic carbocycles. The van der Waals surface area contributed by atoms with Gasteiger partial charge in [0.1, 0.15) is 0 Å². The second kappa shape index (κ2) is 7.87. The molecular weight excluding hydrogens is 376 g/mol. The fraction of sp³-hybridized carbons (Fsp3) is 0.174. The van der Waals surface area contributed by atoms with Crippen molar-refractivity contribution in [2.75, 3.05) is 22.5 Å². The maximum Gasteiger partial charge on any atom is 0.258 e. The summed E-state index contributed by atoms with van der Waals surface area (Å²) in [7, 11) is 0. The standard InChI is InChI=1S/C23H22N6O/c30-22(17-9-4-8-16-13-24-14-18(16)17)29-23-27-19-10-5-11-25-20(19)21(28-23)26-12-15-6-2-1-3-7-15/h1-4,6-9,13-14,24-25H,5,10-12H2,(H2,26,27,28,29,30). The molecule has 7 nitrogen and oxygen atoms in total. The first-order chi connectivity index (χ1) is 14.8. The summed E-state index contributed by atoms with van der Waals surface area (Å²) in [6, 6.07) is 15.8. The smallest absolute Gasteiger partial charge is 0.258 e. The van der Waals surface area contributed by atoms with Crippen LogP contribution >= 0.6 is 0 Å². The predicted octanol–water partition coefficient (Wildman–Crippen LogP) is 4.18. The highest BCUT2D eigenvalue weighted by molar-refractivity contribution is 6.12. The number of benzene rings is 2. The Kier molecular flexibility index (Phi) is 4.77. The van der Waals surface area contributed by atoms with Crippen LogP contribution in [0.2, 0.25) is 0 Å². The topological polar surface area (TPSA) is 94.7 Å². The van der Waals surface area contributed by atoms with Crippen LogP contribution in [-0.2, 0) is 13.0 Å². The number of nitrogens with one attached hydrogen (secondary N) is 4. The third kappa shape index (κ3) is 3.57. The number of fused-ring (bicyclic) bond motifs is 2. The number of hydrogen-bond acceptors (Lipinski definition) is 5. The molecule has 150 valence electrons. The van der Waals surface area contributed by atoms with Crippen molar-refractivity contribution in [3.8, 4) is 0 Å². The van der Waals surface area contributed by atoms with Gasteiger partial charge >= 0.3 is 0 Å². The summed E-state index contributed by atoms with van der Waals surface area (Å²) in [6.45, 7) is 1.53. The van der Waals surface area contributed by atoms with Crippen molar-refractivity contribution < 1.29 is 4.79 Å². The highest BCUT2D eigenvalue weighted by Gasteiger charge is 2.19. The third-order valence-corrected chi connectivity index (χ3v) is 5.26. The predicted molar refractivity (Wildman–Crippen MR) is 119 cm³/mol. The normalized spacial score (nSPS) is 12.8. The Bertz CT molecular complexity index is 1200. The Morgan fingerprint density at radius 1 is 1.03 bits per heavy atom. The molecule has 0 unspecified atom stereocenters. The van der Waals surface area contributed by atoms with E-state index in [2.05, 4.69) is 43.0 Å². The lowest BCUT2D eigenvalue weighted by atomic mass is 10.1. The second-order valence-corrected chi connectivity index (χ2v) is 7.30. The molecule has 0 saturated heterocycles. The van der Waals surface area contributed by atoms with E-state index in [1.165, 1.54) is 0 Å². The van der Waals surface area contributed by atoms with Gasteiger partial charge in [0.15, 0.2) is 5.82 Å². The van der Waals surface area contributed by atoms with Crippen LogP contribution in [0.15, 0.2) is 60.9 Å². The van der Waals surface area contributed by atoms with Gasteiger partial charge in [-0.1, -0.05) is 42.5 Å². The summed E-state index contributed by atoms with van der Waals surface area (Å²) in [4.78, 5) is 25.2. The Morgan fingerprint density at radius 2 is 1.93 bits per heavy atom. The number of amides is 1. The Hall–Kier alpha value is -3.87. The molecule has 7 heteroatoms. The number of H-pyrrole nitrogens is 1. The molecule has 4 N–H and O–H groups in total. The minimum Gasteiger partial charge on any atom is -0.381 e. The number of aromatic nitrogens is 3. The van der Waals surface area contributed by atoms with Crippen LogP contribution in [0.4, 0.5) is 17.5 Å². The number of aryl methyl sites for hydroxylation is 1. The Labute approximate surface area is 174 Å². The lowest BCUT2D eigenvalue weighted by Gasteiger charge is -2.21. The lowest BCUT2D eigenvalue weighted by Crippen LogP contribution is -2.20. The van der Waals surface area contributed by atoms with Crippen LogP contribution in [-0.4, -0.2) is 27.4 Å². The van der Waals surface area contributed by atoms with Crippen molar-refractivity contribution in [3.05, 3.63) is 77.7 Å². The van der Waals surface area contributed by atoms with Gasteiger partial charge in [0.2, 0.25) is 5.95 Å². The molecule has 1 aliphatic heterocycles. The van der Waals surface area contributed by atoms with Crippen LogP contribution in [0.5, 0.6) is 0 Å². The molecule has 0 saturated carbocycles. The van der Waals surface area contributed by atoms with Crippen molar-refractivity contribution >= 4 is 34.1 Å². The number of anilines is 3. The number of carbonyl (C=O) groups excluding carboxylic acids is 1. The molecular formula is C23H22N6O. The van der Waals surface area contributed by atoms with E-state index >= 15 is 0 Å². The zero-order valence-corrected chi connectivity index (χ0v) is 16.4. The van der Waals surface area contributed by atoms with Gasteiger partial charge in [0.05, 0.1) is 11.4 Å². The summed E-state index contributed by atoms with van der Waals surface area (Å²) in [5, 5.41) is 11.5. The zero-order chi connectivity index (χ0) is 20.3. The van der Waals surface area contributed by atoms with Gasteiger partial charge in [-0.25, -0.2) is 4.98 Å². The molecule has 0 atom stereocenters. The molecule has 2 aromatic heterocycles. The summed E-state index contributed by atoms with van der Waals surface area (Å²) < 4.78 is 0. The molecule has 30 heavy (non-hydrogen) atoms. The van der Waals surface area contributed by atoms with E-state index in [4.69, 9.17) is 0 Å². The first-order valence-electron chi connectivity index (χ1n) is 10.1. The fourth-order valence-electron chi connectivity index (χ4n) is 3.76. The van der Waals surface area contributed by atoms with E-state index in [1.54, 1.807) is 6.07 Å². The van der Waals surface area contributed by atoms with Gasteiger partial charge in [-0.15, -0.1) is 0 Å². The molecule has 2 aromatic carbocycles. The number of rotatable bonds is 5. The number of carbonyl (C=O) groups is 1. The lowest BCUT2D eigenvalue weighted by molar-refractivity contribution is 0.102. The second-order valence-electron chi connectivity index (χ2n) is 7.30. The van der Waals surface area contributed by atoms with Gasteiger partial charge in [-0.05, 0) is 29.9 Å². The average molecular weight is 398 g/mol. The monoisotopic (exact) mass is 398 g/mol. The quantitative estimate of drug-likeness (QED) is 0.405. The first kappa shape index (κ1) is 18.2. The molecule has 1 amide bonds. The maximum absolute atomic E-state index is 12.9. The molecule has 5 rings (SSSR count). The molecule has 0 radical (unpaired) electrons. The molecule has 1 aliphatic rings. The van der Waals surface area contributed by atoms with Gasteiger partial charge < -0.3 is 15.6 Å². The van der Waals surface area contributed by atoms with Crippen molar-refractivity contribution in [1.82, 2.24) is 15.0 Å². The van der Waals surface area contributed by atoms with Crippen molar-refractivity contribution in [3.63, 3.8) is 0 Å². The summed E-state index contributed by atoms with van der Waals surface area (Å²) in [5.74, 6) is 0.794. The van der Waals surface area contributed by atoms with Crippen molar-refractivity contribution in [1.29, 1.82) is 0 Å². The van der Waals surface area contributed by atoms with Crippen LogP contribution < -0.4 is 16.0 Å². The summed E-state index contributed by atoms with van der Waals surface area (Å²) >= 11 is 0. The third-order valence-electron chi connectivity index (χ3n) is 5.26. The summed E-state index contributed by atoms with van der Waals surface area (Å²) in [5.41, 5.74) is 3.59. The SMILES string of the molecule is O=C(Nc1nc2c(c(NCc3ccccc3)n1)NCCC2)c1cccc2c[nH]cc12. The number of nitrogens with zero attached hydrogens (tertiary/aromatic N) is 2. The van der Waals surface area contributed by atoms with Crippen molar-refractivity contribution in [2.45, 2.75) is 19.4 Å². The van der Waals surface area contributed by atoms with Gasteiger partial charge in [-0.3, -0.25) is 10.1 Å². The highest BCUT2D eigenvalue weighted by Crippen LogP contribution is 2.29. The number of hydrogen-bond donors (Lipinski definition) is 4. The minimum absolute atomic E-state index is 0.224. The summed E-state index contributed by atoms with van der Waals surface area (Å²) in [6.07, 6.45) is 5.55. The van der Waals surface area contributed by atoms with Gasteiger partial charge in [0.25, 0.3) is 5.91 Å². The van der Waals surface area contributed by atoms with E-state index in [1.807, 2.05) is 42.7 Å². The molecule has 0 bridgehead atoms. The van der Waals surface area contributed by atoms with Crippen molar-refractivity contribution in [2.24, 2.45) is 0 Å². The fourth-order valence-corrected chi connectivity index (χ4v) is 3.76. The molecule has 0 spiro atoms. The molecule has 3 heterocycles. The Morgan fingerprint density at radius 3 is 2.83 bits per heavy atom. The minimum atomic E-state index is -0.224. The van der Waals surface area contributed by atoms with E-state index in [9.17, 15) is 4.79 Å². The molecule has 0 fully saturated rings. The highest BCUT2D eigenvalue weighted by atomic mass is 16.1. The van der Waals surface area contributed by atoms with Gasteiger partial charge in [0, 0.05) is 36.4 Å². The zero-order valence-electron chi connectivity index (χ0n) is 16.4. The largest absolute Gasteiger partial charge is 0.381 e. The number of aromatic amines is 1. The maximum atomic E-state index is 12.9. The van der Waals surface area contributed by atoms with Gasteiger partial charge in [-0.2, -0.15) is 4.98 Å². The van der Waals surface area contributed by atoms with E-state index in [0.717, 1.165) is 47.1 Å². The Balaban J connectivity index is 1.43. The van der Waals surface area contributed by atoms with Crippen LogP contribution in [0.25, 0.3) is 10.8 Å².